The third kappa shape index (κ3) is 3.57. The van der Waals surface area contributed by atoms with Gasteiger partial charge in [0.1, 0.15) is 6.04 Å². The van der Waals surface area contributed by atoms with E-state index in [-0.39, 0.29) is 18.5 Å². The van der Waals surface area contributed by atoms with Crippen LogP contribution in [0.1, 0.15) is 16.7 Å². The average molecular weight is 362 g/mol. The number of benzene rings is 2. The van der Waals surface area contributed by atoms with Crippen molar-refractivity contribution in [2.75, 3.05) is 0 Å². The number of aliphatic carboxylic acids is 1. The first-order valence-corrected chi connectivity index (χ1v) is 7.97. The molecule has 26 heavy (non-hydrogen) atoms. The quantitative estimate of drug-likeness (QED) is 0.728. The van der Waals surface area contributed by atoms with Gasteiger partial charge in [0.2, 0.25) is 0 Å². The number of aromatic nitrogens is 1. The molecule has 0 saturated heterocycles. The average Bonchev–Trinajstić information content (AvgIpc) is 2.92. The molecule has 0 unspecified atom stereocenters. The second-order valence-corrected chi connectivity index (χ2v) is 6.10. The van der Waals surface area contributed by atoms with E-state index < -0.39 is 23.8 Å². The van der Waals surface area contributed by atoms with Gasteiger partial charge < -0.3 is 15.4 Å². The number of hydrogen-bond acceptors (Lipinski definition) is 2. The second-order valence-electron chi connectivity index (χ2n) is 6.10. The Bertz CT molecular complexity index is 947. The molecule has 3 aromatic rings. The van der Waals surface area contributed by atoms with E-state index in [4.69, 9.17) is 10.8 Å². The lowest BCUT2D eigenvalue weighted by molar-refractivity contribution is -0.139. The Hall–Kier alpha value is -2.80. The Labute approximate surface area is 147 Å². The molecule has 7 heteroatoms. The molecule has 2 aromatic carbocycles. The molecule has 136 valence electrons. The van der Waals surface area contributed by atoms with Crippen molar-refractivity contribution >= 4 is 16.9 Å². The van der Waals surface area contributed by atoms with Crippen LogP contribution in [-0.2, 0) is 23.9 Å². The van der Waals surface area contributed by atoms with Gasteiger partial charge in [-0.25, -0.2) is 0 Å². The first kappa shape index (κ1) is 18.0. The van der Waals surface area contributed by atoms with Crippen molar-refractivity contribution in [2.24, 2.45) is 5.73 Å². The molecule has 1 atom stereocenters. The molecule has 0 aliphatic rings. The maximum atomic E-state index is 13.2. The minimum atomic E-state index is -4.44. The Kier molecular flexibility index (Phi) is 4.73. The number of carboxylic acids is 1. The fourth-order valence-corrected chi connectivity index (χ4v) is 3.06. The fourth-order valence-electron chi connectivity index (χ4n) is 3.06. The summed E-state index contributed by atoms with van der Waals surface area (Å²) in [6, 6.07) is 11.5. The van der Waals surface area contributed by atoms with Crippen LogP contribution in [0.25, 0.3) is 10.9 Å². The number of carbonyl (C=O) groups is 1. The summed E-state index contributed by atoms with van der Waals surface area (Å²) in [5.74, 6) is -1.12. The molecular weight excluding hydrogens is 345 g/mol. The number of fused-ring (bicyclic) bond motifs is 1. The lowest BCUT2D eigenvalue weighted by Crippen LogP contribution is -2.32. The molecule has 0 bridgehead atoms. The normalized spacial score (nSPS) is 13.1. The van der Waals surface area contributed by atoms with E-state index in [0.717, 1.165) is 17.0 Å². The van der Waals surface area contributed by atoms with Gasteiger partial charge in [0.05, 0.1) is 5.56 Å². The highest BCUT2D eigenvalue weighted by atomic mass is 19.4. The molecule has 1 heterocycles. The SMILES string of the molecule is N[C@@H](Cc1cn(Cc2ccccc2C(F)(F)F)c2ccccc12)C(=O)O. The largest absolute Gasteiger partial charge is 0.480 e. The van der Waals surface area contributed by atoms with Crippen LogP contribution < -0.4 is 5.73 Å². The molecule has 4 nitrogen and oxygen atoms in total. The predicted octanol–water partition coefficient (Wildman–Crippen LogP) is 3.66. The first-order chi connectivity index (χ1) is 12.3. The van der Waals surface area contributed by atoms with Gasteiger partial charge in [-0.1, -0.05) is 36.4 Å². The van der Waals surface area contributed by atoms with Crippen molar-refractivity contribution in [3.63, 3.8) is 0 Å². The van der Waals surface area contributed by atoms with Crippen LogP contribution in [-0.4, -0.2) is 21.7 Å². The lowest BCUT2D eigenvalue weighted by atomic mass is 10.1. The molecule has 0 saturated carbocycles. The number of hydrogen-bond donors (Lipinski definition) is 2. The number of nitrogens with two attached hydrogens (primary N) is 1. The molecule has 0 amide bonds. The van der Waals surface area contributed by atoms with Crippen LogP contribution in [0.5, 0.6) is 0 Å². The highest BCUT2D eigenvalue weighted by Crippen LogP contribution is 2.33. The Morgan fingerprint density at radius 1 is 1.08 bits per heavy atom. The van der Waals surface area contributed by atoms with Gasteiger partial charge in [-0.15, -0.1) is 0 Å². The summed E-state index contributed by atoms with van der Waals surface area (Å²) in [6.07, 6.45) is -2.65. The molecular formula is C19H17F3N2O2. The molecule has 1 aromatic heterocycles. The zero-order valence-corrected chi connectivity index (χ0v) is 13.7. The van der Waals surface area contributed by atoms with Crippen LogP contribution >= 0.6 is 0 Å². The Morgan fingerprint density at radius 2 is 1.73 bits per heavy atom. The van der Waals surface area contributed by atoms with E-state index in [1.165, 1.54) is 12.1 Å². The number of para-hydroxylation sites is 1. The summed E-state index contributed by atoms with van der Waals surface area (Å²) in [6.45, 7) is 0.0263. The summed E-state index contributed by atoms with van der Waals surface area (Å²) in [4.78, 5) is 11.0. The minimum Gasteiger partial charge on any atom is -0.480 e. The van der Waals surface area contributed by atoms with Gasteiger partial charge in [-0.3, -0.25) is 4.79 Å². The van der Waals surface area contributed by atoms with Gasteiger partial charge >= 0.3 is 12.1 Å². The van der Waals surface area contributed by atoms with Crippen molar-refractivity contribution in [2.45, 2.75) is 25.2 Å². The van der Waals surface area contributed by atoms with Gasteiger partial charge in [-0.2, -0.15) is 13.2 Å². The lowest BCUT2D eigenvalue weighted by Gasteiger charge is -2.13. The number of rotatable bonds is 5. The summed E-state index contributed by atoms with van der Waals surface area (Å²) in [5.41, 5.74) is 6.52. The molecule has 3 N–H and O–H groups in total. The molecule has 0 fully saturated rings. The van der Waals surface area contributed by atoms with Gasteiger partial charge in [0.25, 0.3) is 0 Å². The van der Waals surface area contributed by atoms with Crippen molar-refractivity contribution < 1.29 is 23.1 Å². The summed E-state index contributed by atoms with van der Waals surface area (Å²) >= 11 is 0. The zero-order valence-electron chi connectivity index (χ0n) is 13.7. The van der Waals surface area contributed by atoms with Gasteiger partial charge in [-0.05, 0) is 23.3 Å². The number of nitrogens with zero attached hydrogens (tertiary/aromatic N) is 1. The topological polar surface area (TPSA) is 68.2 Å². The van der Waals surface area contributed by atoms with Gasteiger partial charge in [0.15, 0.2) is 0 Å². The minimum absolute atomic E-state index is 0.0263. The standard InChI is InChI=1S/C19H17F3N2O2/c20-19(21,22)15-7-3-1-5-12(15)10-24-11-13(9-16(23)18(25)26)14-6-2-4-8-17(14)24/h1-8,11,16H,9-10,23H2,(H,25,26)/t16-/m0/s1. The Morgan fingerprint density at radius 3 is 2.42 bits per heavy atom. The first-order valence-electron chi connectivity index (χ1n) is 7.97. The van der Waals surface area contributed by atoms with Crippen LogP contribution in [0.3, 0.4) is 0 Å². The molecule has 0 radical (unpaired) electrons. The fraction of sp³-hybridized carbons (Fsp3) is 0.211. The van der Waals surface area contributed by atoms with Crippen LogP contribution in [0.4, 0.5) is 13.2 Å². The predicted molar refractivity (Wildman–Crippen MR) is 91.8 cm³/mol. The molecule has 0 spiro atoms. The second kappa shape index (κ2) is 6.84. The number of carboxylic acid groups (broad SMARTS) is 1. The maximum absolute atomic E-state index is 13.2. The van der Waals surface area contributed by atoms with E-state index in [1.54, 1.807) is 35.0 Å². The van der Waals surface area contributed by atoms with Crippen LogP contribution in [0.15, 0.2) is 54.7 Å². The number of alkyl halides is 3. The van der Waals surface area contributed by atoms with E-state index in [1.807, 2.05) is 6.07 Å². The number of halogens is 3. The monoisotopic (exact) mass is 362 g/mol. The van der Waals surface area contributed by atoms with Crippen molar-refractivity contribution in [3.05, 3.63) is 71.4 Å². The zero-order chi connectivity index (χ0) is 18.9. The van der Waals surface area contributed by atoms with Crippen molar-refractivity contribution in [1.29, 1.82) is 0 Å². The van der Waals surface area contributed by atoms with E-state index in [9.17, 15) is 18.0 Å². The smallest absolute Gasteiger partial charge is 0.416 e. The molecule has 0 aliphatic carbocycles. The Balaban J connectivity index is 2.03. The van der Waals surface area contributed by atoms with E-state index in [2.05, 4.69) is 0 Å². The highest BCUT2D eigenvalue weighted by Gasteiger charge is 2.33. The molecule has 3 rings (SSSR count). The van der Waals surface area contributed by atoms with Crippen molar-refractivity contribution in [3.8, 4) is 0 Å². The third-order valence-corrected chi connectivity index (χ3v) is 4.29. The summed E-state index contributed by atoms with van der Waals surface area (Å²) in [7, 11) is 0. The van der Waals surface area contributed by atoms with Crippen LogP contribution in [0, 0.1) is 0 Å². The molecule has 0 aliphatic heterocycles. The van der Waals surface area contributed by atoms with Crippen LogP contribution in [0.2, 0.25) is 0 Å². The van der Waals surface area contributed by atoms with E-state index in [0.29, 0.717) is 5.56 Å². The summed E-state index contributed by atoms with van der Waals surface area (Å²) in [5, 5.41) is 9.81. The van der Waals surface area contributed by atoms with E-state index >= 15 is 0 Å². The van der Waals surface area contributed by atoms with Gasteiger partial charge in [0, 0.05) is 30.1 Å². The highest BCUT2D eigenvalue weighted by molar-refractivity contribution is 5.85. The third-order valence-electron chi connectivity index (χ3n) is 4.29. The maximum Gasteiger partial charge on any atom is 0.416 e. The van der Waals surface area contributed by atoms with Crippen molar-refractivity contribution in [1.82, 2.24) is 4.57 Å². The summed E-state index contributed by atoms with van der Waals surface area (Å²) < 4.78 is 41.4.